The fourth-order valence-electron chi connectivity index (χ4n) is 1.92. The van der Waals surface area contributed by atoms with Crippen LogP contribution in [-0.4, -0.2) is 22.7 Å². The highest BCUT2D eigenvalue weighted by molar-refractivity contribution is 5.84. The van der Waals surface area contributed by atoms with E-state index in [-0.39, 0.29) is 11.4 Å². The number of benzene rings is 2. The van der Waals surface area contributed by atoms with Gasteiger partial charge in [0, 0.05) is 11.6 Å². The van der Waals surface area contributed by atoms with Gasteiger partial charge in [0.2, 0.25) is 0 Å². The number of anilines is 1. The predicted octanol–water partition coefficient (Wildman–Crippen LogP) is 3.35. The largest absolute Gasteiger partial charge is 0.493 e. The van der Waals surface area contributed by atoms with Gasteiger partial charge >= 0.3 is 5.69 Å². The molecule has 0 spiro atoms. The Morgan fingerprint density at radius 1 is 1.17 bits per heavy atom. The minimum Gasteiger partial charge on any atom is -0.493 e. The van der Waals surface area contributed by atoms with E-state index in [0.717, 1.165) is 6.07 Å². The van der Waals surface area contributed by atoms with E-state index in [2.05, 4.69) is 10.5 Å². The Morgan fingerprint density at radius 2 is 1.92 bits per heavy atom. The highest BCUT2D eigenvalue weighted by atomic mass is 16.6. The van der Waals surface area contributed by atoms with E-state index in [1.165, 1.54) is 18.3 Å². The maximum Gasteiger partial charge on any atom is 0.301 e. The van der Waals surface area contributed by atoms with Crippen LogP contribution in [0.1, 0.15) is 12.5 Å². The standard InChI is InChI=1S/C15H14N4O5/c1-2-24-15-6-4-3-5-11(15)10-16-17-13-8-7-12(18(20)21)9-14(13)19(22)23/h3-10,17H,2H2,1H3. The van der Waals surface area contributed by atoms with Crippen molar-refractivity contribution in [2.45, 2.75) is 6.92 Å². The fourth-order valence-corrected chi connectivity index (χ4v) is 1.92. The van der Waals surface area contributed by atoms with Crippen LogP contribution in [0.15, 0.2) is 47.6 Å². The maximum atomic E-state index is 11.0. The van der Waals surface area contributed by atoms with Gasteiger partial charge in [0.15, 0.2) is 0 Å². The van der Waals surface area contributed by atoms with Gasteiger partial charge in [-0.25, -0.2) is 0 Å². The lowest BCUT2D eigenvalue weighted by atomic mass is 10.2. The second-order valence-electron chi connectivity index (χ2n) is 4.56. The van der Waals surface area contributed by atoms with Gasteiger partial charge in [-0.1, -0.05) is 12.1 Å². The van der Waals surface area contributed by atoms with Gasteiger partial charge in [0.05, 0.1) is 28.7 Å². The van der Waals surface area contributed by atoms with Crippen LogP contribution >= 0.6 is 0 Å². The molecule has 0 saturated heterocycles. The van der Waals surface area contributed by atoms with Crippen molar-refractivity contribution in [2.75, 3.05) is 12.0 Å². The third-order valence-electron chi connectivity index (χ3n) is 3.00. The van der Waals surface area contributed by atoms with Crippen LogP contribution in [0, 0.1) is 20.2 Å². The van der Waals surface area contributed by atoms with Crippen molar-refractivity contribution in [3.05, 3.63) is 68.3 Å². The van der Waals surface area contributed by atoms with Crippen LogP contribution < -0.4 is 10.2 Å². The quantitative estimate of drug-likeness (QED) is 0.472. The molecule has 9 nitrogen and oxygen atoms in total. The summed E-state index contributed by atoms with van der Waals surface area (Å²) in [7, 11) is 0. The van der Waals surface area contributed by atoms with Gasteiger partial charge in [-0.05, 0) is 25.1 Å². The molecular formula is C15H14N4O5. The number of nitrogens with zero attached hydrogens (tertiary/aromatic N) is 3. The molecule has 0 radical (unpaired) electrons. The SMILES string of the molecule is CCOc1ccccc1C=NNc1ccc([N+](=O)[O-])cc1[N+](=O)[O-]. The first kappa shape index (κ1) is 16.9. The van der Waals surface area contributed by atoms with Crippen LogP contribution in [0.3, 0.4) is 0 Å². The zero-order valence-electron chi connectivity index (χ0n) is 12.7. The molecule has 24 heavy (non-hydrogen) atoms. The topological polar surface area (TPSA) is 120 Å². The van der Waals surface area contributed by atoms with Gasteiger partial charge in [-0.3, -0.25) is 25.7 Å². The highest BCUT2D eigenvalue weighted by Gasteiger charge is 2.19. The molecule has 0 unspecified atom stereocenters. The summed E-state index contributed by atoms with van der Waals surface area (Å²) in [5.41, 5.74) is 2.48. The first-order chi connectivity index (χ1) is 11.5. The lowest BCUT2D eigenvalue weighted by Gasteiger charge is -2.06. The average molecular weight is 330 g/mol. The van der Waals surface area contributed by atoms with Gasteiger partial charge in [0.1, 0.15) is 11.4 Å². The first-order valence-electron chi connectivity index (χ1n) is 6.96. The molecule has 0 heterocycles. The van der Waals surface area contributed by atoms with E-state index in [9.17, 15) is 20.2 Å². The fraction of sp³-hybridized carbons (Fsp3) is 0.133. The minimum atomic E-state index is -0.709. The lowest BCUT2D eigenvalue weighted by molar-refractivity contribution is -0.393. The third kappa shape index (κ3) is 4.03. The van der Waals surface area contributed by atoms with Crippen molar-refractivity contribution in [1.29, 1.82) is 0 Å². The Bertz CT molecular complexity index is 791. The summed E-state index contributed by atoms with van der Waals surface area (Å²) in [4.78, 5) is 20.3. The zero-order chi connectivity index (χ0) is 17.5. The molecule has 2 rings (SSSR count). The molecule has 124 valence electrons. The average Bonchev–Trinajstić information content (AvgIpc) is 2.56. The van der Waals surface area contributed by atoms with Gasteiger partial charge in [0.25, 0.3) is 5.69 Å². The van der Waals surface area contributed by atoms with Gasteiger partial charge < -0.3 is 4.74 Å². The van der Waals surface area contributed by atoms with Gasteiger partial charge in [-0.2, -0.15) is 5.10 Å². The molecule has 0 aromatic heterocycles. The third-order valence-corrected chi connectivity index (χ3v) is 3.00. The number of nitro groups is 2. The number of nitrogens with one attached hydrogen (secondary N) is 1. The molecule has 0 atom stereocenters. The molecule has 0 amide bonds. The summed E-state index contributed by atoms with van der Waals surface area (Å²) in [5.74, 6) is 0.628. The molecule has 2 aromatic carbocycles. The van der Waals surface area contributed by atoms with Crippen molar-refractivity contribution in [3.8, 4) is 5.75 Å². The van der Waals surface area contributed by atoms with Crippen molar-refractivity contribution < 1.29 is 14.6 Å². The molecule has 0 saturated carbocycles. The molecule has 0 bridgehead atoms. The number of nitro benzene ring substituents is 2. The monoisotopic (exact) mass is 330 g/mol. The summed E-state index contributed by atoms with van der Waals surface area (Å²) in [6, 6.07) is 10.5. The molecule has 9 heteroatoms. The van der Waals surface area contributed by atoms with E-state index >= 15 is 0 Å². The Balaban J connectivity index is 2.23. The van der Waals surface area contributed by atoms with E-state index in [0.29, 0.717) is 17.9 Å². The molecule has 2 aromatic rings. The Hall–Kier alpha value is -3.49. The summed E-state index contributed by atoms with van der Waals surface area (Å²) in [6.07, 6.45) is 1.45. The smallest absolute Gasteiger partial charge is 0.301 e. The summed E-state index contributed by atoms with van der Waals surface area (Å²) in [6.45, 7) is 2.35. The van der Waals surface area contributed by atoms with E-state index in [1.54, 1.807) is 18.2 Å². The Morgan fingerprint density at radius 3 is 2.58 bits per heavy atom. The van der Waals surface area contributed by atoms with E-state index < -0.39 is 15.5 Å². The van der Waals surface area contributed by atoms with Crippen LogP contribution in [-0.2, 0) is 0 Å². The van der Waals surface area contributed by atoms with Crippen LogP contribution in [0.4, 0.5) is 17.1 Å². The van der Waals surface area contributed by atoms with E-state index in [4.69, 9.17) is 4.74 Å². The molecular weight excluding hydrogens is 316 g/mol. The Kier molecular flexibility index (Phi) is 5.40. The van der Waals surface area contributed by atoms with Crippen LogP contribution in [0.2, 0.25) is 0 Å². The minimum absolute atomic E-state index is 0.0516. The van der Waals surface area contributed by atoms with Crippen molar-refractivity contribution >= 4 is 23.3 Å². The normalized spacial score (nSPS) is 10.5. The molecule has 1 N–H and O–H groups in total. The van der Waals surface area contributed by atoms with E-state index in [1.807, 2.05) is 13.0 Å². The number of hydrazone groups is 1. The summed E-state index contributed by atoms with van der Waals surface area (Å²) < 4.78 is 5.44. The van der Waals surface area contributed by atoms with Crippen LogP contribution in [0.25, 0.3) is 0 Å². The Labute approximate surface area is 136 Å². The highest BCUT2D eigenvalue weighted by Crippen LogP contribution is 2.28. The lowest BCUT2D eigenvalue weighted by Crippen LogP contribution is -2.00. The second kappa shape index (κ2) is 7.68. The van der Waals surface area contributed by atoms with Gasteiger partial charge in [-0.15, -0.1) is 0 Å². The van der Waals surface area contributed by atoms with Crippen LogP contribution in [0.5, 0.6) is 5.75 Å². The second-order valence-corrected chi connectivity index (χ2v) is 4.56. The van der Waals surface area contributed by atoms with Crippen molar-refractivity contribution in [2.24, 2.45) is 5.10 Å². The molecule has 0 aliphatic carbocycles. The number of para-hydroxylation sites is 1. The predicted molar refractivity (Wildman–Crippen MR) is 88.6 cm³/mol. The maximum absolute atomic E-state index is 11.0. The zero-order valence-corrected chi connectivity index (χ0v) is 12.7. The summed E-state index contributed by atoms with van der Waals surface area (Å²) in [5, 5.41) is 25.7. The van der Waals surface area contributed by atoms with Crippen molar-refractivity contribution in [3.63, 3.8) is 0 Å². The number of non-ortho nitro benzene ring substituents is 1. The number of rotatable bonds is 7. The first-order valence-corrected chi connectivity index (χ1v) is 6.96. The summed E-state index contributed by atoms with van der Waals surface area (Å²) >= 11 is 0. The molecule has 0 aliphatic heterocycles. The number of ether oxygens (including phenoxy) is 1. The number of hydrogen-bond donors (Lipinski definition) is 1. The molecule has 0 fully saturated rings. The number of hydrogen-bond acceptors (Lipinski definition) is 7. The van der Waals surface area contributed by atoms with Crippen molar-refractivity contribution in [1.82, 2.24) is 0 Å². The molecule has 0 aliphatic rings.